The summed E-state index contributed by atoms with van der Waals surface area (Å²) in [6.07, 6.45) is -0.120. The maximum Gasteiger partial charge on any atom is 0.354 e. The van der Waals surface area contributed by atoms with Crippen LogP contribution in [0.15, 0.2) is 54.6 Å². The summed E-state index contributed by atoms with van der Waals surface area (Å²) in [5.41, 5.74) is 2.54. The molecule has 28 heavy (non-hydrogen) atoms. The summed E-state index contributed by atoms with van der Waals surface area (Å²) >= 11 is 0. The number of ether oxygens (including phenoxy) is 3. The fraction of sp³-hybridized carbons (Fsp3) is 0.318. The minimum atomic E-state index is -0.376. The first-order valence-electron chi connectivity index (χ1n) is 9.43. The molecule has 0 aliphatic carbocycles. The van der Waals surface area contributed by atoms with Crippen molar-refractivity contribution in [3.63, 3.8) is 0 Å². The zero-order chi connectivity index (χ0) is 19.3. The van der Waals surface area contributed by atoms with Crippen LogP contribution in [-0.4, -0.2) is 55.4 Å². The molecule has 1 aliphatic heterocycles. The molecule has 3 aromatic rings. The molecule has 0 spiro atoms. The van der Waals surface area contributed by atoms with Gasteiger partial charge in [0.05, 0.1) is 13.7 Å². The van der Waals surface area contributed by atoms with Gasteiger partial charge in [-0.2, -0.15) is 0 Å². The van der Waals surface area contributed by atoms with Crippen LogP contribution in [0.25, 0.3) is 10.9 Å². The van der Waals surface area contributed by atoms with Gasteiger partial charge in [0.25, 0.3) is 0 Å². The van der Waals surface area contributed by atoms with E-state index in [2.05, 4.69) is 22.0 Å². The van der Waals surface area contributed by atoms with Crippen LogP contribution in [-0.2, 0) is 16.0 Å². The van der Waals surface area contributed by atoms with Gasteiger partial charge in [-0.15, -0.1) is 0 Å². The van der Waals surface area contributed by atoms with E-state index in [0.29, 0.717) is 12.3 Å². The number of methoxy groups -OCH3 is 1. The quantitative estimate of drug-likeness (QED) is 0.665. The molecule has 4 rings (SSSR count). The van der Waals surface area contributed by atoms with Gasteiger partial charge in [0.2, 0.25) is 0 Å². The summed E-state index contributed by atoms with van der Waals surface area (Å²) in [7, 11) is 1.62. The number of nitrogens with one attached hydrogen (secondary N) is 1. The highest BCUT2D eigenvalue weighted by Gasteiger charge is 2.22. The number of carbonyl (C=O) groups excluding carboxylic acids is 1. The zero-order valence-corrected chi connectivity index (χ0v) is 15.9. The first kappa shape index (κ1) is 18.5. The van der Waals surface area contributed by atoms with E-state index in [1.807, 2.05) is 36.4 Å². The molecule has 1 fully saturated rings. The number of benzene rings is 2. The van der Waals surface area contributed by atoms with E-state index in [-0.39, 0.29) is 18.7 Å². The Morgan fingerprint density at radius 2 is 2.07 bits per heavy atom. The molecule has 1 unspecified atom stereocenters. The molecule has 1 N–H and O–H groups in total. The highest BCUT2D eigenvalue weighted by Crippen LogP contribution is 2.21. The standard InChI is InChI=1S/C22H24N2O4/c1-26-18-8-7-17-11-21(23-20(17)12-18)22(25)28-15-19-14-24(9-10-27-19)13-16-5-3-2-4-6-16/h2-8,11-12,19,23H,9-10,13-15H2,1H3. The molecule has 0 radical (unpaired) electrons. The number of hydrogen-bond donors (Lipinski definition) is 1. The van der Waals surface area contributed by atoms with Crippen LogP contribution in [0.2, 0.25) is 0 Å². The third-order valence-electron chi connectivity index (χ3n) is 4.92. The lowest BCUT2D eigenvalue weighted by atomic mass is 10.2. The predicted octanol–water partition coefficient (Wildman–Crippen LogP) is 3.23. The summed E-state index contributed by atoms with van der Waals surface area (Å²) in [6.45, 7) is 3.37. The number of nitrogens with zero attached hydrogens (tertiary/aromatic N) is 1. The largest absolute Gasteiger partial charge is 0.497 e. The Bertz CT molecular complexity index is 938. The molecule has 1 saturated heterocycles. The molecular weight excluding hydrogens is 356 g/mol. The molecule has 0 amide bonds. The monoisotopic (exact) mass is 380 g/mol. The normalized spacial score (nSPS) is 17.5. The maximum atomic E-state index is 12.4. The molecule has 1 aromatic heterocycles. The summed E-state index contributed by atoms with van der Waals surface area (Å²) < 4.78 is 16.5. The second-order valence-corrected chi connectivity index (χ2v) is 6.95. The van der Waals surface area contributed by atoms with Gasteiger partial charge in [-0.1, -0.05) is 30.3 Å². The number of esters is 1. The van der Waals surface area contributed by atoms with Gasteiger partial charge in [-0.3, -0.25) is 4.90 Å². The van der Waals surface area contributed by atoms with Crippen LogP contribution in [0.3, 0.4) is 0 Å². The summed E-state index contributed by atoms with van der Waals surface area (Å²) in [5.74, 6) is 0.363. The number of morpholine rings is 1. The SMILES string of the molecule is COc1ccc2cc(C(=O)OCC3CN(Cc4ccccc4)CCO3)[nH]c2c1. The fourth-order valence-corrected chi connectivity index (χ4v) is 3.46. The Balaban J connectivity index is 1.32. The topological polar surface area (TPSA) is 63.8 Å². The molecule has 1 atom stereocenters. The van der Waals surface area contributed by atoms with E-state index in [1.54, 1.807) is 13.2 Å². The molecule has 146 valence electrons. The van der Waals surface area contributed by atoms with Gasteiger partial charge >= 0.3 is 5.97 Å². The molecule has 0 saturated carbocycles. The van der Waals surface area contributed by atoms with Crippen LogP contribution in [0.1, 0.15) is 16.1 Å². The highest BCUT2D eigenvalue weighted by molar-refractivity contribution is 5.95. The third kappa shape index (κ3) is 4.35. The van der Waals surface area contributed by atoms with Crippen LogP contribution in [0.4, 0.5) is 0 Å². The second kappa shape index (κ2) is 8.46. The van der Waals surface area contributed by atoms with Gasteiger partial charge in [0, 0.05) is 36.6 Å². The van der Waals surface area contributed by atoms with Gasteiger partial charge in [-0.25, -0.2) is 4.79 Å². The molecule has 0 bridgehead atoms. The lowest BCUT2D eigenvalue weighted by Crippen LogP contribution is -2.44. The Kier molecular flexibility index (Phi) is 5.60. The summed E-state index contributed by atoms with van der Waals surface area (Å²) in [6, 6.07) is 17.8. The van der Waals surface area contributed by atoms with E-state index in [0.717, 1.165) is 36.3 Å². The Labute approximate surface area is 164 Å². The number of fused-ring (bicyclic) bond motifs is 1. The van der Waals surface area contributed by atoms with Crippen molar-refractivity contribution in [1.29, 1.82) is 0 Å². The molecule has 1 aliphatic rings. The number of rotatable bonds is 6. The summed E-state index contributed by atoms with van der Waals surface area (Å²) in [4.78, 5) is 17.8. The van der Waals surface area contributed by atoms with E-state index < -0.39 is 0 Å². The Morgan fingerprint density at radius 3 is 2.89 bits per heavy atom. The van der Waals surface area contributed by atoms with Gasteiger partial charge < -0.3 is 19.2 Å². The van der Waals surface area contributed by atoms with Crippen molar-refractivity contribution in [2.45, 2.75) is 12.6 Å². The Morgan fingerprint density at radius 1 is 1.21 bits per heavy atom. The molecule has 2 heterocycles. The van der Waals surface area contributed by atoms with Crippen molar-refractivity contribution in [1.82, 2.24) is 9.88 Å². The average Bonchev–Trinajstić information content (AvgIpc) is 3.16. The fourth-order valence-electron chi connectivity index (χ4n) is 3.46. The molecule has 6 heteroatoms. The van der Waals surface area contributed by atoms with Crippen LogP contribution >= 0.6 is 0 Å². The van der Waals surface area contributed by atoms with Crippen molar-refractivity contribution in [2.24, 2.45) is 0 Å². The van der Waals surface area contributed by atoms with Crippen LogP contribution in [0.5, 0.6) is 5.75 Å². The van der Waals surface area contributed by atoms with Gasteiger partial charge in [0.15, 0.2) is 0 Å². The van der Waals surface area contributed by atoms with Crippen molar-refractivity contribution >= 4 is 16.9 Å². The summed E-state index contributed by atoms with van der Waals surface area (Å²) in [5, 5.41) is 0.940. The molecular formula is C22H24N2O4. The number of H-pyrrole nitrogens is 1. The highest BCUT2D eigenvalue weighted by atomic mass is 16.6. The van der Waals surface area contributed by atoms with Crippen molar-refractivity contribution in [3.8, 4) is 5.75 Å². The predicted molar refractivity (Wildman–Crippen MR) is 107 cm³/mol. The number of hydrogen-bond acceptors (Lipinski definition) is 5. The lowest BCUT2D eigenvalue weighted by molar-refractivity contribution is -0.0613. The first-order valence-corrected chi connectivity index (χ1v) is 9.43. The molecule has 6 nitrogen and oxygen atoms in total. The maximum absolute atomic E-state index is 12.4. The Hall–Kier alpha value is -2.83. The number of aromatic nitrogens is 1. The van der Waals surface area contributed by atoms with E-state index in [1.165, 1.54) is 5.56 Å². The van der Waals surface area contributed by atoms with Crippen LogP contribution < -0.4 is 4.74 Å². The zero-order valence-electron chi connectivity index (χ0n) is 15.9. The third-order valence-corrected chi connectivity index (χ3v) is 4.92. The van der Waals surface area contributed by atoms with Crippen molar-refractivity contribution in [3.05, 3.63) is 65.9 Å². The minimum absolute atomic E-state index is 0.120. The second-order valence-electron chi connectivity index (χ2n) is 6.95. The van der Waals surface area contributed by atoms with Gasteiger partial charge in [0.1, 0.15) is 24.2 Å². The number of carbonyl (C=O) groups is 1. The van der Waals surface area contributed by atoms with Crippen molar-refractivity contribution in [2.75, 3.05) is 33.4 Å². The van der Waals surface area contributed by atoms with Crippen LogP contribution in [0, 0.1) is 0 Å². The molecule has 2 aromatic carbocycles. The van der Waals surface area contributed by atoms with Crippen molar-refractivity contribution < 1.29 is 19.0 Å². The average molecular weight is 380 g/mol. The minimum Gasteiger partial charge on any atom is -0.497 e. The van der Waals surface area contributed by atoms with E-state index in [4.69, 9.17) is 14.2 Å². The first-order chi connectivity index (χ1) is 13.7. The van der Waals surface area contributed by atoms with E-state index in [9.17, 15) is 4.79 Å². The van der Waals surface area contributed by atoms with E-state index >= 15 is 0 Å². The van der Waals surface area contributed by atoms with Gasteiger partial charge in [-0.05, 0) is 23.8 Å². The lowest BCUT2D eigenvalue weighted by Gasteiger charge is -2.32. The smallest absolute Gasteiger partial charge is 0.354 e. The number of aromatic amines is 1.